The van der Waals surface area contributed by atoms with Crippen molar-refractivity contribution in [3.8, 4) is 5.75 Å². The third-order valence-corrected chi connectivity index (χ3v) is 3.51. The van der Waals surface area contributed by atoms with Crippen LogP contribution in [-0.4, -0.2) is 5.97 Å². The molecule has 15 heavy (non-hydrogen) atoms. The molecule has 1 aromatic carbocycles. The van der Waals surface area contributed by atoms with E-state index >= 15 is 0 Å². The Labute approximate surface area is 87.0 Å². The van der Waals surface area contributed by atoms with Crippen LogP contribution in [0.2, 0.25) is 0 Å². The van der Waals surface area contributed by atoms with Crippen LogP contribution in [0, 0.1) is 5.82 Å². The topological polar surface area (TPSA) is 26.3 Å². The number of fused-ring (bicyclic) bond motifs is 2. The van der Waals surface area contributed by atoms with Gasteiger partial charge in [0, 0.05) is 5.56 Å². The van der Waals surface area contributed by atoms with E-state index in [2.05, 4.69) is 0 Å². The van der Waals surface area contributed by atoms with Crippen LogP contribution in [0.5, 0.6) is 5.75 Å². The zero-order chi connectivity index (χ0) is 10.5. The van der Waals surface area contributed by atoms with Crippen LogP contribution in [0.1, 0.15) is 31.2 Å². The number of ether oxygens (including phenoxy) is 1. The first-order valence-electron chi connectivity index (χ1n) is 5.25. The largest absolute Gasteiger partial charge is 0.426 e. The van der Waals surface area contributed by atoms with E-state index in [0.717, 1.165) is 31.2 Å². The molecule has 1 spiro atoms. The summed E-state index contributed by atoms with van der Waals surface area (Å²) in [5, 5.41) is 0. The molecule has 0 atom stereocenters. The molecule has 1 saturated carbocycles. The number of benzene rings is 1. The SMILES string of the molecule is O=C1Oc2ccc(F)cc2C12CCCC2. The van der Waals surface area contributed by atoms with Gasteiger partial charge in [0.15, 0.2) is 0 Å². The third-order valence-electron chi connectivity index (χ3n) is 3.51. The molecule has 1 aliphatic carbocycles. The molecule has 0 radical (unpaired) electrons. The second-order valence-electron chi connectivity index (χ2n) is 4.32. The van der Waals surface area contributed by atoms with Gasteiger partial charge in [-0.3, -0.25) is 4.79 Å². The van der Waals surface area contributed by atoms with Gasteiger partial charge in [-0.1, -0.05) is 12.8 Å². The summed E-state index contributed by atoms with van der Waals surface area (Å²) < 4.78 is 18.4. The number of esters is 1. The number of rotatable bonds is 0. The minimum absolute atomic E-state index is 0.194. The van der Waals surface area contributed by atoms with Gasteiger partial charge in [-0.25, -0.2) is 4.39 Å². The van der Waals surface area contributed by atoms with Crippen LogP contribution < -0.4 is 4.74 Å². The fourth-order valence-electron chi connectivity index (χ4n) is 2.72. The summed E-state index contributed by atoms with van der Waals surface area (Å²) >= 11 is 0. The molecule has 1 aromatic rings. The van der Waals surface area contributed by atoms with E-state index in [9.17, 15) is 9.18 Å². The number of halogens is 1. The van der Waals surface area contributed by atoms with Crippen molar-refractivity contribution in [1.82, 2.24) is 0 Å². The van der Waals surface area contributed by atoms with Gasteiger partial charge in [0.05, 0.1) is 5.41 Å². The van der Waals surface area contributed by atoms with Crippen LogP contribution in [-0.2, 0) is 10.2 Å². The van der Waals surface area contributed by atoms with E-state index in [1.165, 1.54) is 12.1 Å². The summed E-state index contributed by atoms with van der Waals surface area (Å²) in [7, 11) is 0. The molecular weight excluding hydrogens is 195 g/mol. The second-order valence-corrected chi connectivity index (χ2v) is 4.32. The number of hydrogen-bond acceptors (Lipinski definition) is 2. The van der Waals surface area contributed by atoms with Crippen molar-refractivity contribution in [3.63, 3.8) is 0 Å². The molecule has 3 heteroatoms. The van der Waals surface area contributed by atoms with Crippen molar-refractivity contribution in [2.24, 2.45) is 0 Å². The molecule has 2 nitrogen and oxygen atoms in total. The Hall–Kier alpha value is -1.38. The lowest BCUT2D eigenvalue weighted by molar-refractivity contribution is -0.138. The average Bonchev–Trinajstić information content (AvgIpc) is 2.78. The van der Waals surface area contributed by atoms with E-state index < -0.39 is 5.41 Å². The van der Waals surface area contributed by atoms with Crippen molar-refractivity contribution < 1.29 is 13.9 Å². The molecule has 3 rings (SSSR count). The highest BCUT2D eigenvalue weighted by atomic mass is 19.1. The molecule has 1 heterocycles. The van der Waals surface area contributed by atoms with Gasteiger partial charge in [0.2, 0.25) is 0 Å². The van der Waals surface area contributed by atoms with Crippen LogP contribution in [0.3, 0.4) is 0 Å². The number of carbonyl (C=O) groups excluding carboxylic acids is 1. The lowest BCUT2D eigenvalue weighted by Crippen LogP contribution is -2.30. The van der Waals surface area contributed by atoms with E-state index in [0.29, 0.717) is 5.75 Å². The smallest absolute Gasteiger partial charge is 0.322 e. The first-order chi connectivity index (χ1) is 7.22. The predicted octanol–water partition coefficient (Wildman–Crippen LogP) is 2.56. The van der Waals surface area contributed by atoms with E-state index in [4.69, 9.17) is 4.74 Å². The summed E-state index contributed by atoms with van der Waals surface area (Å²) in [6.45, 7) is 0. The molecule has 0 N–H and O–H groups in total. The molecule has 0 unspecified atom stereocenters. The molecule has 1 aliphatic heterocycles. The van der Waals surface area contributed by atoms with Crippen LogP contribution in [0.25, 0.3) is 0 Å². The molecule has 0 saturated heterocycles. The maximum absolute atomic E-state index is 13.2. The normalized spacial score (nSPS) is 21.8. The highest BCUT2D eigenvalue weighted by Crippen LogP contribution is 2.49. The molecule has 0 bridgehead atoms. The van der Waals surface area contributed by atoms with Gasteiger partial charge in [-0.05, 0) is 31.0 Å². The van der Waals surface area contributed by atoms with Crippen LogP contribution in [0.15, 0.2) is 18.2 Å². The molecule has 0 amide bonds. The Morgan fingerprint density at radius 3 is 2.73 bits per heavy atom. The van der Waals surface area contributed by atoms with E-state index in [1.807, 2.05) is 0 Å². The molecule has 1 fully saturated rings. The quantitative estimate of drug-likeness (QED) is 0.481. The Morgan fingerprint density at radius 2 is 2.00 bits per heavy atom. The van der Waals surface area contributed by atoms with Crippen LogP contribution >= 0.6 is 0 Å². The Kier molecular flexibility index (Phi) is 1.67. The van der Waals surface area contributed by atoms with Crippen molar-refractivity contribution in [3.05, 3.63) is 29.6 Å². The molecular formula is C12H11FO2. The fourth-order valence-corrected chi connectivity index (χ4v) is 2.72. The summed E-state index contributed by atoms with van der Waals surface area (Å²) in [5.41, 5.74) is 0.224. The van der Waals surface area contributed by atoms with Gasteiger partial charge < -0.3 is 4.74 Å². The summed E-state index contributed by atoms with van der Waals surface area (Å²) in [5.74, 6) is 0.0576. The Morgan fingerprint density at radius 1 is 1.27 bits per heavy atom. The highest BCUT2D eigenvalue weighted by Gasteiger charge is 2.50. The van der Waals surface area contributed by atoms with Crippen LogP contribution in [0.4, 0.5) is 4.39 Å². The zero-order valence-corrected chi connectivity index (χ0v) is 8.25. The first kappa shape index (κ1) is 8.89. The minimum Gasteiger partial charge on any atom is -0.426 e. The number of carbonyl (C=O) groups is 1. The van der Waals surface area contributed by atoms with Crippen molar-refractivity contribution in [2.75, 3.05) is 0 Å². The highest BCUT2D eigenvalue weighted by molar-refractivity contribution is 5.90. The minimum atomic E-state index is -0.530. The summed E-state index contributed by atoms with van der Waals surface area (Å²) in [6, 6.07) is 4.33. The maximum Gasteiger partial charge on any atom is 0.322 e. The third kappa shape index (κ3) is 1.06. The van der Waals surface area contributed by atoms with Gasteiger partial charge in [0.1, 0.15) is 11.6 Å². The van der Waals surface area contributed by atoms with Gasteiger partial charge in [-0.2, -0.15) is 0 Å². The van der Waals surface area contributed by atoms with E-state index in [-0.39, 0.29) is 11.8 Å². The maximum atomic E-state index is 13.2. The van der Waals surface area contributed by atoms with Crippen molar-refractivity contribution in [1.29, 1.82) is 0 Å². The van der Waals surface area contributed by atoms with Gasteiger partial charge in [0.25, 0.3) is 0 Å². The monoisotopic (exact) mass is 206 g/mol. The fraction of sp³-hybridized carbons (Fsp3) is 0.417. The zero-order valence-electron chi connectivity index (χ0n) is 8.25. The van der Waals surface area contributed by atoms with Crippen molar-refractivity contribution in [2.45, 2.75) is 31.1 Å². The van der Waals surface area contributed by atoms with Crippen molar-refractivity contribution >= 4 is 5.97 Å². The summed E-state index contributed by atoms with van der Waals surface area (Å²) in [4.78, 5) is 11.8. The average molecular weight is 206 g/mol. The standard InChI is InChI=1S/C12H11FO2/c13-8-3-4-10-9(7-8)12(11(14)15-10)5-1-2-6-12/h3-4,7H,1-2,5-6H2. The summed E-state index contributed by atoms with van der Waals surface area (Å²) in [6.07, 6.45) is 3.63. The lowest BCUT2D eigenvalue weighted by atomic mass is 9.80. The first-order valence-corrected chi connectivity index (χ1v) is 5.25. The predicted molar refractivity (Wildman–Crippen MR) is 52.2 cm³/mol. The Bertz CT molecular complexity index is 433. The molecule has 78 valence electrons. The van der Waals surface area contributed by atoms with E-state index in [1.54, 1.807) is 6.07 Å². The Balaban J connectivity index is 2.19. The number of hydrogen-bond donors (Lipinski definition) is 0. The second kappa shape index (κ2) is 2.81. The molecule has 0 aromatic heterocycles. The molecule has 2 aliphatic rings. The van der Waals surface area contributed by atoms with Gasteiger partial charge >= 0.3 is 5.97 Å². The lowest BCUT2D eigenvalue weighted by Gasteiger charge is -2.18. The van der Waals surface area contributed by atoms with Gasteiger partial charge in [-0.15, -0.1) is 0 Å².